The van der Waals surface area contributed by atoms with Crippen molar-refractivity contribution in [1.29, 1.82) is 0 Å². The SMILES string of the molecule is Cl.O=C(NCCNC(=O)C1CC12CCNCC2)c1ccco1. The largest absolute Gasteiger partial charge is 0.459 e. The molecule has 1 aliphatic heterocycles. The number of carbonyl (C=O) groups is 2. The van der Waals surface area contributed by atoms with Gasteiger partial charge in [-0.1, -0.05) is 0 Å². The highest BCUT2D eigenvalue weighted by atomic mass is 35.5. The zero-order chi connectivity index (χ0) is 14.7. The van der Waals surface area contributed by atoms with E-state index in [0.717, 1.165) is 32.4 Å². The van der Waals surface area contributed by atoms with E-state index in [9.17, 15) is 9.59 Å². The normalized spacial score (nSPS) is 21.7. The highest BCUT2D eigenvalue weighted by Gasteiger charge is 2.57. The smallest absolute Gasteiger partial charge is 0.287 e. The summed E-state index contributed by atoms with van der Waals surface area (Å²) < 4.78 is 4.99. The Bertz CT molecular complexity index is 512. The molecule has 3 rings (SSSR count). The van der Waals surface area contributed by atoms with Gasteiger partial charge in [0.25, 0.3) is 5.91 Å². The standard InChI is InChI=1S/C15H21N3O3.ClH/c19-13(11-10-15(11)3-5-16-6-4-15)17-7-8-18-14(20)12-2-1-9-21-12;/h1-2,9,11,16H,3-8,10H2,(H,17,19)(H,18,20);1H. The van der Waals surface area contributed by atoms with E-state index in [-0.39, 0.29) is 41.3 Å². The van der Waals surface area contributed by atoms with E-state index in [1.54, 1.807) is 12.1 Å². The summed E-state index contributed by atoms with van der Waals surface area (Å²) in [6.45, 7) is 2.90. The Morgan fingerprint density at radius 2 is 2.00 bits per heavy atom. The number of nitrogens with one attached hydrogen (secondary N) is 3. The first kappa shape index (κ1) is 16.8. The topological polar surface area (TPSA) is 83.4 Å². The summed E-state index contributed by atoms with van der Waals surface area (Å²) in [6.07, 6.45) is 4.67. The third-order valence-electron chi connectivity index (χ3n) is 4.56. The van der Waals surface area contributed by atoms with Gasteiger partial charge >= 0.3 is 0 Å². The summed E-state index contributed by atoms with van der Waals surface area (Å²) >= 11 is 0. The van der Waals surface area contributed by atoms with Gasteiger partial charge in [0, 0.05) is 19.0 Å². The van der Waals surface area contributed by atoms with Crippen molar-refractivity contribution < 1.29 is 14.0 Å². The molecule has 0 radical (unpaired) electrons. The van der Waals surface area contributed by atoms with Gasteiger partial charge < -0.3 is 20.4 Å². The summed E-state index contributed by atoms with van der Waals surface area (Å²) in [5, 5.41) is 8.96. The molecule has 2 heterocycles. The van der Waals surface area contributed by atoms with Crippen molar-refractivity contribution in [3.8, 4) is 0 Å². The molecule has 2 fully saturated rings. The van der Waals surface area contributed by atoms with Crippen molar-refractivity contribution in [2.45, 2.75) is 19.3 Å². The Kier molecular flexibility index (Phi) is 5.47. The number of carbonyl (C=O) groups excluding carboxylic acids is 2. The van der Waals surface area contributed by atoms with Crippen LogP contribution >= 0.6 is 12.4 Å². The van der Waals surface area contributed by atoms with E-state index in [2.05, 4.69) is 16.0 Å². The van der Waals surface area contributed by atoms with Gasteiger partial charge in [0.05, 0.1) is 6.26 Å². The summed E-state index contributed by atoms with van der Waals surface area (Å²) in [5.41, 5.74) is 0.257. The van der Waals surface area contributed by atoms with Gasteiger partial charge in [-0.25, -0.2) is 0 Å². The zero-order valence-corrected chi connectivity index (χ0v) is 13.2. The van der Waals surface area contributed by atoms with Gasteiger partial charge in [0.2, 0.25) is 5.91 Å². The highest BCUT2D eigenvalue weighted by molar-refractivity contribution is 5.91. The van der Waals surface area contributed by atoms with Crippen LogP contribution in [0.25, 0.3) is 0 Å². The summed E-state index contributed by atoms with van der Waals surface area (Å²) in [6, 6.07) is 3.28. The molecule has 0 bridgehead atoms. The van der Waals surface area contributed by atoms with Crippen LogP contribution in [-0.2, 0) is 4.79 Å². The van der Waals surface area contributed by atoms with Crippen LogP contribution in [0.2, 0.25) is 0 Å². The molecular weight excluding hydrogens is 306 g/mol. The van der Waals surface area contributed by atoms with Gasteiger partial charge in [0.15, 0.2) is 5.76 Å². The molecule has 1 spiro atoms. The molecule has 1 saturated carbocycles. The maximum atomic E-state index is 12.1. The Labute approximate surface area is 135 Å². The molecule has 1 atom stereocenters. The molecule has 2 amide bonds. The second-order valence-corrected chi connectivity index (χ2v) is 5.89. The molecule has 1 aromatic rings. The summed E-state index contributed by atoms with van der Waals surface area (Å²) in [4.78, 5) is 23.7. The molecule has 122 valence electrons. The third-order valence-corrected chi connectivity index (χ3v) is 4.56. The lowest BCUT2D eigenvalue weighted by molar-refractivity contribution is -0.123. The summed E-state index contributed by atoms with van der Waals surface area (Å²) in [7, 11) is 0. The molecule has 0 aromatic carbocycles. The second-order valence-electron chi connectivity index (χ2n) is 5.89. The minimum atomic E-state index is -0.254. The molecule has 7 heteroatoms. The first-order valence-electron chi connectivity index (χ1n) is 7.51. The number of amides is 2. The highest BCUT2D eigenvalue weighted by Crippen LogP contribution is 2.58. The van der Waals surface area contributed by atoms with Gasteiger partial charge in [0.1, 0.15) is 0 Å². The van der Waals surface area contributed by atoms with Crippen LogP contribution in [0.1, 0.15) is 29.8 Å². The van der Waals surface area contributed by atoms with E-state index in [1.165, 1.54) is 6.26 Å². The van der Waals surface area contributed by atoms with E-state index < -0.39 is 0 Å². The third kappa shape index (κ3) is 3.62. The quantitative estimate of drug-likeness (QED) is 0.703. The monoisotopic (exact) mass is 327 g/mol. The van der Waals surface area contributed by atoms with Gasteiger partial charge in [-0.2, -0.15) is 0 Å². The average molecular weight is 328 g/mol. The van der Waals surface area contributed by atoms with Crippen LogP contribution < -0.4 is 16.0 Å². The van der Waals surface area contributed by atoms with Crippen molar-refractivity contribution in [1.82, 2.24) is 16.0 Å². The summed E-state index contributed by atoms with van der Waals surface area (Å²) in [5.74, 6) is 0.331. The lowest BCUT2D eigenvalue weighted by Crippen LogP contribution is -2.37. The van der Waals surface area contributed by atoms with Crippen molar-refractivity contribution in [3.63, 3.8) is 0 Å². The van der Waals surface area contributed by atoms with Crippen LogP contribution in [0.3, 0.4) is 0 Å². The van der Waals surface area contributed by atoms with E-state index in [4.69, 9.17) is 4.42 Å². The maximum absolute atomic E-state index is 12.1. The number of hydrogen-bond donors (Lipinski definition) is 3. The molecule has 1 aliphatic carbocycles. The fourth-order valence-electron chi connectivity index (χ4n) is 3.18. The number of piperidine rings is 1. The number of rotatable bonds is 5. The lowest BCUT2D eigenvalue weighted by Gasteiger charge is -2.23. The maximum Gasteiger partial charge on any atom is 0.287 e. The predicted octanol–water partition coefficient (Wildman–Crippen LogP) is 0.937. The Hall–Kier alpha value is -1.53. The number of halogens is 1. The van der Waals surface area contributed by atoms with Crippen LogP contribution in [0, 0.1) is 11.3 Å². The Balaban J connectivity index is 0.00000176. The van der Waals surface area contributed by atoms with Crippen LogP contribution in [-0.4, -0.2) is 38.0 Å². The molecule has 3 N–H and O–H groups in total. The first-order chi connectivity index (χ1) is 10.2. The molecular formula is C15H22ClN3O3. The fraction of sp³-hybridized carbons (Fsp3) is 0.600. The van der Waals surface area contributed by atoms with Gasteiger partial charge in [-0.05, 0) is 49.9 Å². The van der Waals surface area contributed by atoms with Crippen molar-refractivity contribution in [2.75, 3.05) is 26.2 Å². The van der Waals surface area contributed by atoms with E-state index in [0.29, 0.717) is 13.1 Å². The minimum Gasteiger partial charge on any atom is -0.459 e. The molecule has 6 nitrogen and oxygen atoms in total. The number of hydrogen-bond acceptors (Lipinski definition) is 4. The minimum absolute atomic E-state index is 0. The first-order valence-corrected chi connectivity index (χ1v) is 7.51. The Morgan fingerprint density at radius 1 is 1.27 bits per heavy atom. The van der Waals surface area contributed by atoms with Crippen LogP contribution in [0.4, 0.5) is 0 Å². The lowest BCUT2D eigenvalue weighted by atomic mass is 9.92. The van der Waals surface area contributed by atoms with Crippen molar-refractivity contribution in [3.05, 3.63) is 24.2 Å². The van der Waals surface area contributed by atoms with Crippen molar-refractivity contribution in [2.24, 2.45) is 11.3 Å². The molecule has 1 unspecified atom stereocenters. The van der Waals surface area contributed by atoms with Gasteiger partial charge in [-0.15, -0.1) is 12.4 Å². The molecule has 1 saturated heterocycles. The second kappa shape index (κ2) is 7.15. The molecule has 1 aromatic heterocycles. The molecule has 2 aliphatic rings. The average Bonchev–Trinajstić information content (AvgIpc) is 2.95. The predicted molar refractivity (Wildman–Crippen MR) is 83.9 cm³/mol. The van der Waals surface area contributed by atoms with Crippen LogP contribution in [0.15, 0.2) is 22.8 Å². The zero-order valence-electron chi connectivity index (χ0n) is 12.4. The molecule has 22 heavy (non-hydrogen) atoms. The van der Waals surface area contributed by atoms with E-state index in [1.807, 2.05) is 0 Å². The van der Waals surface area contributed by atoms with Crippen LogP contribution in [0.5, 0.6) is 0 Å². The van der Waals surface area contributed by atoms with E-state index >= 15 is 0 Å². The Morgan fingerprint density at radius 3 is 2.68 bits per heavy atom. The van der Waals surface area contributed by atoms with Crippen molar-refractivity contribution >= 4 is 24.2 Å². The fourth-order valence-corrected chi connectivity index (χ4v) is 3.18. The van der Waals surface area contributed by atoms with Gasteiger partial charge in [-0.3, -0.25) is 9.59 Å². The number of furan rings is 1.